The first kappa shape index (κ1) is 15.9. The Balaban J connectivity index is 3.23. The summed E-state index contributed by atoms with van der Waals surface area (Å²) >= 11 is 0. The Labute approximate surface area is 98.1 Å². The minimum Gasteiger partial charge on any atom is -0.391 e. The zero-order valence-electron chi connectivity index (χ0n) is 9.80. The molecule has 0 aromatic rings. The van der Waals surface area contributed by atoms with Crippen molar-refractivity contribution in [3.05, 3.63) is 0 Å². The Morgan fingerprint density at radius 2 is 1.62 bits per heavy atom. The summed E-state index contributed by atoms with van der Waals surface area (Å²) in [5, 5.41) is 18.6. The number of aliphatic hydroxyl groups is 2. The summed E-state index contributed by atoms with van der Waals surface area (Å²) in [6.45, 7) is 1.54. The summed E-state index contributed by atoms with van der Waals surface area (Å²) in [6.07, 6.45) is -0.233. The maximum absolute atomic E-state index is 9.37. The van der Waals surface area contributed by atoms with Gasteiger partial charge in [-0.1, -0.05) is 6.32 Å². The van der Waals surface area contributed by atoms with Gasteiger partial charge in [-0.25, -0.2) is 0 Å². The molecule has 6 heteroatoms. The molecule has 0 aliphatic carbocycles. The molecule has 0 fully saturated rings. The molecule has 0 aromatic carbocycles. The third-order valence-corrected chi connectivity index (χ3v) is 1.84. The Morgan fingerprint density at radius 1 is 1.00 bits per heavy atom. The van der Waals surface area contributed by atoms with Crippen LogP contribution in [0.1, 0.15) is 6.42 Å². The number of hydrogen-bond donors (Lipinski definition) is 2. The molecule has 0 aliphatic heterocycles. The number of hydrogen-bond acceptors (Lipinski definition) is 5. The van der Waals surface area contributed by atoms with Crippen molar-refractivity contribution in [1.29, 1.82) is 0 Å². The molecule has 16 heavy (non-hydrogen) atoms. The van der Waals surface area contributed by atoms with Crippen molar-refractivity contribution >= 4 is 7.85 Å². The van der Waals surface area contributed by atoms with E-state index in [4.69, 9.17) is 22.1 Å². The molecule has 0 aliphatic rings. The molecule has 2 radical (unpaired) electrons. The van der Waals surface area contributed by atoms with E-state index in [0.29, 0.717) is 32.6 Å². The Bertz CT molecular complexity index is 147. The van der Waals surface area contributed by atoms with E-state index in [-0.39, 0.29) is 13.2 Å². The van der Waals surface area contributed by atoms with Crippen LogP contribution in [0.4, 0.5) is 0 Å². The topological polar surface area (TPSA) is 68.2 Å². The normalized spacial score (nSPS) is 14.9. The Kier molecular flexibility index (Phi) is 11.3. The van der Waals surface area contributed by atoms with Gasteiger partial charge in [0.25, 0.3) is 0 Å². The van der Waals surface area contributed by atoms with Gasteiger partial charge in [-0.05, 0) is 6.42 Å². The van der Waals surface area contributed by atoms with E-state index in [9.17, 15) is 10.2 Å². The van der Waals surface area contributed by atoms with E-state index in [1.165, 1.54) is 7.11 Å². The van der Waals surface area contributed by atoms with Crippen LogP contribution in [0.25, 0.3) is 0 Å². The second kappa shape index (κ2) is 11.4. The fourth-order valence-corrected chi connectivity index (χ4v) is 1.07. The Hall–Kier alpha value is -0.135. The van der Waals surface area contributed by atoms with E-state index in [2.05, 4.69) is 0 Å². The van der Waals surface area contributed by atoms with Crippen LogP contribution in [0.3, 0.4) is 0 Å². The van der Waals surface area contributed by atoms with E-state index >= 15 is 0 Å². The predicted octanol–water partition coefficient (Wildman–Crippen LogP) is -0.635. The van der Waals surface area contributed by atoms with Gasteiger partial charge in [-0.2, -0.15) is 0 Å². The molecule has 2 N–H and O–H groups in total. The summed E-state index contributed by atoms with van der Waals surface area (Å²) < 4.78 is 15.0. The summed E-state index contributed by atoms with van der Waals surface area (Å²) in [5.74, 6) is 0. The molecule has 0 amide bonds. The first-order chi connectivity index (χ1) is 7.70. The molecule has 0 heterocycles. The standard InChI is InChI=1S/C10H21BO5/c1-14-6-9(12)2-4-15-7-10(13)8-16-5-3-11/h9-10,12-13H,2-8H2,1H3. The summed E-state index contributed by atoms with van der Waals surface area (Å²) in [7, 11) is 6.75. The number of aliphatic hydroxyl groups excluding tert-OH is 2. The maximum Gasteiger partial charge on any atom is 0.101 e. The molecule has 5 nitrogen and oxygen atoms in total. The lowest BCUT2D eigenvalue weighted by molar-refractivity contribution is -0.0268. The summed E-state index contributed by atoms with van der Waals surface area (Å²) in [4.78, 5) is 0. The van der Waals surface area contributed by atoms with Crippen LogP contribution < -0.4 is 0 Å². The molecule has 2 atom stereocenters. The quantitative estimate of drug-likeness (QED) is 0.366. The smallest absolute Gasteiger partial charge is 0.101 e. The monoisotopic (exact) mass is 232 g/mol. The van der Waals surface area contributed by atoms with Crippen LogP contribution in [-0.2, 0) is 14.2 Å². The summed E-state index contributed by atoms with van der Waals surface area (Å²) in [6, 6.07) is 0. The third kappa shape index (κ3) is 10.4. The average Bonchev–Trinajstić information content (AvgIpc) is 2.25. The van der Waals surface area contributed by atoms with Crippen molar-refractivity contribution in [3.8, 4) is 0 Å². The second-order valence-electron chi connectivity index (χ2n) is 3.49. The van der Waals surface area contributed by atoms with Crippen molar-refractivity contribution in [1.82, 2.24) is 0 Å². The lowest BCUT2D eigenvalue weighted by Gasteiger charge is -2.13. The lowest BCUT2D eigenvalue weighted by Crippen LogP contribution is -2.23. The molecule has 94 valence electrons. The van der Waals surface area contributed by atoms with Gasteiger partial charge in [0, 0.05) is 20.3 Å². The molecule has 2 unspecified atom stereocenters. The average molecular weight is 232 g/mol. The molecular formula is C10H21BO5. The minimum atomic E-state index is -0.647. The summed E-state index contributed by atoms with van der Waals surface area (Å²) in [5.41, 5.74) is 0. The molecule has 0 rings (SSSR count). The third-order valence-electron chi connectivity index (χ3n) is 1.84. The number of methoxy groups -OCH3 is 1. The highest BCUT2D eigenvalue weighted by atomic mass is 16.5. The molecule has 0 saturated heterocycles. The van der Waals surface area contributed by atoms with Crippen molar-refractivity contribution in [2.45, 2.75) is 24.9 Å². The van der Waals surface area contributed by atoms with Crippen LogP contribution in [-0.4, -0.2) is 70.4 Å². The molecule has 0 spiro atoms. The number of ether oxygens (including phenoxy) is 3. The Morgan fingerprint density at radius 3 is 2.19 bits per heavy atom. The fraction of sp³-hybridized carbons (Fsp3) is 1.00. The molecule has 0 bridgehead atoms. The zero-order chi connectivity index (χ0) is 12.2. The SMILES string of the molecule is [B]CCOCC(O)COCCC(O)COC. The van der Waals surface area contributed by atoms with E-state index in [1.54, 1.807) is 0 Å². The zero-order valence-corrected chi connectivity index (χ0v) is 9.80. The van der Waals surface area contributed by atoms with Crippen LogP contribution in [0.5, 0.6) is 0 Å². The predicted molar refractivity (Wildman–Crippen MR) is 60.7 cm³/mol. The highest BCUT2D eigenvalue weighted by Crippen LogP contribution is 1.95. The van der Waals surface area contributed by atoms with Crippen molar-refractivity contribution < 1.29 is 24.4 Å². The van der Waals surface area contributed by atoms with Gasteiger partial charge >= 0.3 is 0 Å². The highest BCUT2D eigenvalue weighted by molar-refractivity contribution is 6.08. The van der Waals surface area contributed by atoms with E-state index in [0.717, 1.165) is 0 Å². The molecule has 0 saturated carbocycles. The fourth-order valence-electron chi connectivity index (χ4n) is 1.07. The number of rotatable bonds is 11. The van der Waals surface area contributed by atoms with Crippen LogP contribution in [0.15, 0.2) is 0 Å². The van der Waals surface area contributed by atoms with Gasteiger partial charge in [0.1, 0.15) is 6.10 Å². The largest absolute Gasteiger partial charge is 0.391 e. The van der Waals surface area contributed by atoms with Crippen molar-refractivity contribution in [3.63, 3.8) is 0 Å². The van der Waals surface area contributed by atoms with Gasteiger partial charge in [-0.15, -0.1) is 0 Å². The molecule has 0 aromatic heterocycles. The second-order valence-corrected chi connectivity index (χ2v) is 3.49. The maximum atomic E-state index is 9.37. The van der Waals surface area contributed by atoms with Gasteiger partial charge in [-0.3, -0.25) is 0 Å². The lowest BCUT2D eigenvalue weighted by atomic mass is 10.1. The van der Waals surface area contributed by atoms with Crippen LogP contribution >= 0.6 is 0 Å². The highest BCUT2D eigenvalue weighted by Gasteiger charge is 2.06. The van der Waals surface area contributed by atoms with Gasteiger partial charge in [0.05, 0.1) is 33.8 Å². The van der Waals surface area contributed by atoms with E-state index < -0.39 is 12.2 Å². The van der Waals surface area contributed by atoms with Gasteiger partial charge in [0.2, 0.25) is 0 Å². The first-order valence-electron chi connectivity index (χ1n) is 5.41. The van der Waals surface area contributed by atoms with Crippen LogP contribution in [0, 0.1) is 0 Å². The first-order valence-corrected chi connectivity index (χ1v) is 5.41. The van der Waals surface area contributed by atoms with Gasteiger partial charge in [0.15, 0.2) is 0 Å². The van der Waals surface area contributed by atoms with Crippen molar-refractivity contribution in [2.24, 2.45) is 0 Å². The minimum absolute atomic E-state index is 0.199. The van der Waals surface area contributed by atoms with Gasteiger partial charge < -0.3 is 24.4 Å². The molecular weight excluding hydrogens is 211 g/mol. The van der Waals surface area contributed by atoms with Crippen LogP contribution in [0.2, 0.25) is 6.32 Å². The van der Waals surface area contributed by atoms with E-state index in [1.807, 2.05) is 0 Å². The van der Waals surface area contributed by atoms with Crippen molar-refractivity contribution in [2.75, 3.05) is 40.1 Å².